The molecule has 188 valence electrons. The molecule has 0 fully saturated rings. The Morgan fingerprint density at radius 3 is 2.19 bits per heavy atom. The molecule has 0 saturated heterocycles. The van der Waals surface area contributed by atoms with E-state index in [0.29, 0.717) is 13.2 Å². The zero-order valence-corrected chi connectivity index (χ0v) is 21.6. The van der Waals surface area contributed by atoms with Crippen LogP contribution < -0.4 is 14.5 Å². The number of para-hydroxylation sites is 1. The Kier molecular flexibility index (Phi) is 7.55. The molecule has 37 heavy (non-hydrogen) atoms. The summed E-state index contributed by atoms with van der Waals surface area (Å²) in [6.07, 6.45) is 2.74. The first-order chi connectivity index (χ1) is 18.1. The minimum atomic E-state index is -0.190. The van der Waals surface area contributed by atoms with Crippen LogP contribution >= 0.6 is 0 Å². The molecule has 1 amide bonds. The third kappa shape index (κ3) is 5.69. The summed E-state index contributed by atoms with van der Waals surface area (Å²) in [5.74, 6) is 0.846. The van der Waals surface area contributed by atoms with Gasteiger partial charge in [0, 0.05) is 25.5 Å². The number of amides is 1. The van der Waals surface area contributed by atoms with Crippen LogP contribution in [0.3, 0.4) is 0 Å². The number of ether oxygens (including phenoxy) is 1. The van der Waals surface area contributed by atoms with Crippen molar-refractivity contribution >= 4 is 17.3 Å². The number of carbonyl (C=O) groups excluding carboxylic acids is 1. The van der Waals surface area contributed by atoms with Crippen LogP contribution in [0.15, 0.2) is 103 Å². The number of nitrogens with zero attached hydrogens (tertiary/aromatic N) is 2. The average molecular weight is 491 g/mol. The average Bonchev–Trinajstić information content (AvgIpc) is 2.95. The van der Waals surface area contributed by atoms with Gasteiger partial charge < -0.3 is 14.5 Å². The van der Waals surface area contributed by atoms with Gasteiger partial charge in [0.25, 0.3) is 0 Å². The summed E-state index contributed by atoms with van der Waals surface area (Å²) in [6, 6.07) is 34.9. The first-order valence-electron chi connectivity index (χ1n) is 13.0. The fourth-order valence-electron chi connectivity index (χ4n) is 5.12. The van der Waals surface area contributed by atoms with Gasteiger partial charge in [0.1, 0.15) is 12.4 Å². The summed E-state index contributed by atoms with van der Waals surface area (Å²) >= 11 is 0. The van der Waals surface area contributed by atoms with Crippen molar-refractivity contribution in [2.75, 3.05) is 23.9 Å². The number of anilines is 2. The molecule has 0 aliphatic heterocycles. The number of carbonyl (C=O) groups is 1. The number of hydrogen-bond donors (Lipinski definition) is 0. The number of fused-ring (bicyclic) bond motifs is 1. The monoisotopic (exact) mass is 490 g/mol. The molecule has 0 heterocycles. The van der Waals surface area contributed by atoms with Crippen LogP contribution in [0.5, 0.6) is 5.75 Å². The van der Waals surface area contributed by atoms with Crippen molar-refractivity contribution in [3.8, 4) is 5.75 Å². The van der Waals surface area contributed by atoms with Crippen LogP contribution in [0.2, 0.25) is 0 Å². The zero-order valence-electron chi connectivity index (χ0n) is 21.6. The summed E-state index contributed by atoms with van der Waals surface area (Å²) in [5.41, 5.74) is 6.59. The van der Waals surface area contributed by atoms with Gasteiger partial charge in [0.05, 0.1) is 12.5 Å². The molecule has 1 unspecified atom stereocenters. The SMILES string of the molecule is CN(C)c1ccc(CN(C(=O)C2CCCc3c(OCc4ccccc4)cccc32)c2ccccc2)cc1. The lowest BCUT2D eigenvalue weighted by molar-refractivity contribution is -0.120. The molecule has 4 aromatic rings. The van der Waals surface area contributed by atoms with Crippen molar-refractivity contribution in [1.29, 1.82) is 0 Å². The molecule has 5 rings (SSSR count). The highest BCUT2D eigenvalue weighted by Gasteiger charge is 2.32. The molecular formula is C33H34N2O2. The molecule has 0 N–H and O–H groups in total. The van der Waals surface area contributed by atoms with E-state index in [1.165, 1.54) is 5.56 Å². The van der Waals surface area contributed by atoms with Crippen molar-refractivity contribution in [2.24, 2.45) is 0 Å². The Morgan fingerprint density at radius 2 is 1.49 bits per heavy atom. The number of hydrogen-bond acceptors (Lipinski definition) is 3. The molecule has 0 aromatic heterocycles. The second-order valence-electron chi connectivity index (χ2n) is 9.86. The van der Waals surface area contributed by atoms with E-state index in [1.807, 2.05) is 79.7 Å². The predicted molar refractivity (Wildman–Crippen MR) is 151 cm³/mol. The number of rotatable bonds is 8. The van der Waals surface area contributed by atoms with E-state index in [4.69, 9.17) is 4.74 Å². The minimum Gasteiger partial charge on any atom is -0.489 e. The van der Waals surface area contributed by atoms with Gasteiger partial charge in [0.2, 0.25) is 5.91 Å². The van der Waals surface area contributed by atoms with Gasteiger partial charge in [-0.1, -0.05) is 72.8 Å². The quantitative estimate of drug-likeness (QED) is 0.267. The molecule has 0 radical (unpaired) electrons. The third-order valence-electron chi connectivity index (χ3n) is 7.13. The standard InChI is InChI=1S/C33H34N2O2/c1-34(2)27-21-19-25(20-22-27)23-35(28-13-7-4-8-14-28)33(36)31-17-9-16-30-29(31)15-10-18-32(30)37-24-26-11-5-3-6-12-26/h3-8,10-15,18-22,31H,9,16-17,23-24H2,1-2H3. The Morgan fingerprint density at radius 1 is 0.784 bits per heavy atom. The fourth-order valence-corrected chi connectivity index (χ4v) is 5.12. The summed E-state index contributed by atoms with van der Waals surface area (Å²) < 4.78 is 6.26. The Hall–Kier alpha value is -4.05. The van der Waals surface area contributed by atoms with E-state index >= 15 is 0 Å². The molecule has 0 spiro atoms. The van der Waals surface area contributed by atoms with E-state index in [0.717, 1.165) is 53.1 Å². The summed E-state index contributed by atoms with van der Waals surface area (Å²) in [5, 5.41) is 0. The molecule has 4 nitrogen and oxygen atoms in total. The van der Waals surface area contributed by atoms with Gasteiger partial charge in [-0.3, -0.25) is 4.79 Å². The maximum absolute atomic E-state index is 14.2. The first kappa shape index (κ1) is 24.6. The van der Waals surface area contributed by atoms with Crippen molar-refractivity contribution in [2.45, 2.75) is 38.3 Å². The zero-order chi connectivity index (χ0) is 25.6. The molecule has 1 atom stereocenters. The highest BCUT2D eigenvalue weighted by atomic mass is 16.5. The smallest absolute Gasteiger partial charge is 0.234 e. The highest BCUT2D eigenvalue weighted by Crippen LogP contribution is 2.39. The van der Waals surface area contributed by atoms with Gasteiger partial charge in [-0.05, 0) is 71.8 Å². The first-order valence-corrected chi connectivity index (χ1v) is 13.0. The van der Waals surface area contributed by atoms with Crippen LogP contribution in [-0.2, 0) is 24.4 Å². The molecule has 0 saturated carbocycles. The second kappa shape index (κ2) is 11.3. The van der Waals surface area contributed by atoms with E-state index in [-0.39, 0.29) is 11.8 Å². The van der Waals surface area contributed by atoms with Crippen LogP contribution in [-0.4, -0.2) is 20.0 Å². The van der Waals surface area contributed by atoms with E-state index in [1.54, 1.807) is 0 Å². The van der Waals surface area contributed by atoms with Crippen molar-refractivity contribution < 1.29 is 9.53 Å². The van der Waals surface area contributed by atoms with E-state index < -0.39 is 0 Å². The van der Waals surface area contributed by atoms with Crippen molar-refractivity contribution in [3.63, 3.8) is 0 Å². The summed E-state index contributed by atoms with van der Waals surface area (Å²) in [6.45, 7) is 1.06. The van der Waals surface area contributed by atoms with Gasteiger partial charge in [-0.2, -0.15) is 0 Å². The maximum atomic E-state index is 14.2. The predicted octanol–water partition coefficient (Wildman–Crippen LogP) is 6.98. The molecule has 0 bridgehead atoms. The number of benzene rings is 4. The van der Waals surface area contributed by atoms with E-state index in [9.17, 15) is 4.79 Å². The summed E-state index contributed by atoms with van der Waals surface area (Å²) in [4.78, 5) is 18.2. The van der Waals surface area contributed by atoms with Crippen molar-refractivity contribution in [1.82, 2.24) is 0 Å². The minimum absolute atomic E-state index is 0.143. The third-order valence-corrected chi connectivity index (χ3v) is 7.13. The largest absolute Gasteiger partial charge is 0.489 e. The Balaban J connectivity index is 1.42. The van der Waals surface area contributed by atoms with Crippen LogP contribution in [0.25, 0.3) is 0 Å². The molecular weight excluding hydrogens is 456 g/mol. The molecule has 1 aliphatic carbocycles. The van der Waals surface area contributed by atoms with Gasteiger partial charge in [-0.15, -0.1) is 0 Å². The normalized spacial score (nSPS) is 14.5. The lowest BCUT2D eigenvalue weighted by Gasteiger charge is -2.32. The Labute approximate surface area is 220 Å². The van der Waals surface area contributed by atoms with Crippen LogP contribution in [0, 0.1) is 0 Å². The molecule has 4 heteroatoms. The lowest BCUT2D eigenvalue weighted by Crippen LogP contribution is -2.36. The fraction of sp³-hybridized carbons (Fsp3) is 0.242. The molecule has 4 aromatic carbocycles. The van der Waals surface area contributed by atoms with Crippen LogP contribution in [0.4, 0.5) is 11.4 Å². The van der Waals surface area contributed by atoms with E-state index in [2.05, 4.69) is 47.4 Å². The highest BCUT2D eigenvalue weighted by molar-refractivity contribution is 5.98. The maximum Gasteiger partial charge on any atom is 0.234 e. The van der Waals surface area contributed by atoms with Gasteiger partial charge in [-0.25, -0.2) is 0 Å². The van der Waals surface area contributed by atoms with Crippen molar-refractivity contribution in [3.05, 3.63) is 125 Å². The van der Waals surface area contributed by atoms with Gasteiger partial charge in [0.15, 0.2) is 0 Å². The van der Waals surface area contributed by atoms with Crippen LogP contribution in [0.1, 0.15) is 41.0 Å². The van der Waals surface area contributed by atoms with Gasteiger partial charge >= 0.3 is 0 Å². The second-order valence-corrected chi connectivity index (χ2v) is 9.86. The summed E-state index contributed by atoms with van der Waals surface area (Å²) in [7, 11) is 4.07. The topological polar surface area (TPSA) is 32.8 Å². The lowest BCUT2D eigenvalue weighted by atomic mass is 9.81. The molecule has 1 aliphatic rings. The Bertz CT molecular complexity index is 1320.